The van der Waals surface area contributed by atoms with Gasteiger partial charge in [-0.3, -0.25) is 9.78 Å². The first-order chi connectivity index (χ1) is 8.59. The predicted octanol–water partition coefficient (Wildman–Crippen LogP) is 2.73. The van der Waals surface area contributed by atoms with Crippen molar-refractivity contribution in [2.24, 2.45) is 11.8 Å². The van der Waals surface area contributed by atoms with Gasteiger partial charge in [0.2, 0.25) is 0 Å². The molecule has 18 heavy (non-hydrogen) atoms. The van der Waals surface area contributed by atoms with Gasteiger partial charge in [-0.1, -0.05) is 13.8 Å². The van der Waals surface area contributed by atoms with E-state index in [0.29, 0.717) is 11.8 Å². The van der Waals surface area contributed by atoms with Crippen LogP contribution >= 0.6 is 0 Å². The molecule has 1 amide bonds. The van der Waals surface area contributed by atoms with Crippen molar-refractivity contribution >= 4 is 5.91 Å². The van der Waals surface area contributed by atoms with Gasteiger partial charge >= 0.3 is 0 Å². The highest BCUT2D eigenvalue weighted by Gasteiger charge is 2.26. The van der Waals surface area contributed by atoms with Gasteiger partial charge in [0.25, 0.3) is 5.91 Å². The van der Waals surface area contributed by atoms with Crippen LogP contribution in [0.1, 0.15) is 37.0 Å². The van der Waals surface area contributed by atoms with Crippen molar-refractivity contribution in [2.75, 3.05) is 13.1 Å². The first-order valence-electron chi connectivity index (χ1n) is 6.48. The maximum absolute atomic E-state index is 13.5. The van der Waals surface area contributed by atoms with Crippen LogP contribution in [0.15, 0.2) is 18.5 Å². The molecule has 1 aromatic rings. The minimum absolute atomic E-state index is 0.132. The Labute approximate surface area is 107 Å². The molecule has 0 saturated carbocycles. The minimum Gasteiger partial charge on any atom is -0.339 e. The van der Waals surface area contributed by atoms with Crippen LogP contribution in [-0.2, 0) is 0 Å². The second-order valence-corrected chi connectivity index (χ2v) is 5.23. The number of hydrogen-bond donors (Lipinski definition) is 0. The van der Waals surface area contributed by atoms with Crippen molar-refractivity contribution in [3.63, 3.8) is 0 Å². The maximum Gasteiger partial charge on any atom is 0.256 e. The molecule has 0 unspecified atom stereocenters. The summed E-state index contributed by atoms with van der Waals surface area (Å²) in [7, 11) is 0. The fourth-order valence-electron chi connectivity index (χ4n) is 2.49. The fourth-order valence-corrected chi connectivity index (χ4v) is 2.49. The van der Waals surface area contributed by atoms with Gasteiger partial charge in [0.15, 0.2) is 5.82 Å². The van der Waals surface area contributed by atoms with E-state index in [1.807, 2.05) is 0 Å². The number of hydrogen-bond acceptors (Lipinski definition) is 2. The normalized spacial score (nSPS) is 17.2. The van der Waals surface area contributed by atoms with Crippen molar-refractivity contribution in [1.82, 2.24) is 9.88 Å². The molecule has 0 bridgehead atoms. The van der Waals surface area contributed by atoms with Crippen LogP contribution in [0.3, 0.4) is 0 Å². The zero-order valence-electron chi connectivity index (χ0n) is 10.9. The van der Waals surface area contributed by atoms with Crippen molar-refractivity contribution in [3.05, 3.63) is 29.8 Å². The maximum atomic E-state index is 13.5. The van der Waals surface area contributed by atoms with E-state index >= 15 is 0 Å². The number of halogens is 1. The number of likely N-dealkylation sites (tertiary alicyclic amines) is 1. The van der Waals surface area contributed by atoms with Crippen LogP contribution in [0, 0.1) is 17.7 Å². The SMILES string of the molecule is CC(C)C1CCN(C(=O)c2ccncc2F)CC1. The van der Waals surface area contributed by atoms with Crippen molar-refractivity contribution in [2.45, 2.75) is 26.7 Å². The van der Waals surface area contributed by atoms with E-state index in [2.05, 4.69) is 18.8 Å². The number of carbonyl (C=O) groups excluding carboxylic acids is 1. The molecule has 3 nitrogen and oxygen atoms in total. The number of rotatable bonds is 2. The number of aromatic nitrogens is 1. The van der Waals surface area contributed by atoms with Gasteiger partial charge in [-0.05, 0) is 30.7 Å². The third kappa shape index (κ3) is 2.68. The summed E-state index contributed by atoms with van der Waals surface area (Å²) in [6, 6.07) is 1.45. The van der Waals surface area contributed by atoms with E-state index in [-0.39, 0.29) is 11.5 Å². The molecule has 4 heteroatoms. The van der Waals surface area contributed by atoms with Crippen LogP contribution < -0.4 is 0 Å². The Morgan fingerprint density at radius 1 is 1.44 bits per heavy atom. The Kier molecular flexibility index (Phi) is 3.94. The summed E-state index contributed by atoms with van der Waals surface area (Å²) in [5.41, 5.74) is 0.132. The van der Waals surface area contributed by atoms with E-state index in [1.54, 1.807) is 4.90 Å². The predicted molar refractivity (Wildman–Crippen MR) is 67.7 cm³/mol. The molecule has 0 aliphatic carbocycles. The van der Waals surface area contributed by atoms with Crippen LogP contribution in [-0.4, -0.2) is 28.9 Å². The van der Waals surface area contributed by atoms with Gasteiger partial charge < -0.3 is 4.90 Å². The summed E-state index contributed by atoms with van der Waals surface area (Å²) >= 11 is 0. The number of nitrogens with zero attached hydrogens (tertiary/aromatic N) is 2. The Morgan fingerprint density at radius 3 is 2.67 bits per heavy atom. The molecule has 1 aromatic heterocycles. The highest BCUT2D eigenvalue weighted by molar-refractivity contribution is 5.94. The molecule has 2 rings (SSSR count). The van der Waals surface area contributed by atoms with E-state index in [9.17, 15) is 9.18 Å². The number of pyridine rings is 1. The molecule has 0 aromatic carbocycles. The lowest BCUT2D eigenvalue weighted by atomic mass is 9.86. The molecule has 2 heterocycles. The van der Waals surface area contributed by atoms with Gasteiger partial charge in [-0.2, -0.15) is 0 Å². The molecule has 98 valence electrons. The van der Waals surface area contributed by atoms with Crippen LogP contribution in [0.5, 0.6) is 0 Å². The lowest BCUT2D eigenvalue weighted by Gasteiger charge is -2.33. The third-order valence-electron chi connectivity index (χ3n) is 3.77. The summed E-state index contributed by atoms with van der Waals surface area (Å²) in [4.78, 5) is 17.6. The van der Waals surface area contributed by atoms with E-state index in [1.165, 1.54) is 12.3 Å². The smallest absolute Gasteiger partial charge is 0.256 e. The first kappa shape index (κ1) is 13.0. The summed E-state index contributed by atoms with van der Waals surface area (Å²) in [5, 5.41) is 0. The van der Waals surface area contributed by atoms with Gasteiger partial charge in [0.1, 0.15) is 0 Å². The molecule has 1 aliphatic heterocycles. The number of carbonyl (C=O) groups is 1. The Balaban J connectivity index is 2.02. The lowest BCUT2D eigenvalue weighted by molar-refractivity contribution is 0.0663. The standard InChI is InChI=1S/C14H19FN2O/c1-10(2)11-4-7-17(8-5-11)14(18)12-3-6-16-9-13(12)15/h3,6,9-11H,4-5,7-8H2,1-2H3. The molecule has 0 N–H and O–H groups in total. The Hall–Kier alpha value is -1.45. The van der Waals surface area contributed by atoms with Crippen LogP contribution in [0.25, 0.3) is 0 Å². The zero-order valence-corrected chi connectivity index (χ0v) is 10.9. The second-order valence-electron chi connectivity index (χ2n) is 5.23. The summed E-state index contributed by atoms with van der Waals surface area (Å²) in [5.74, 6) is 0.585. The van der Waals surface area contributed by atoms with Gasteiger partial charge in [-0.15, -0.1) is 0 Å². The summed E-state index contributed by atoms with van der Waals surface area (Å²) in [6.45, 7) is 5.88. The fraction of sp³-hybridized carbons (Fsp3) is 0.571. The molecular formula is C14H19FN2O. The highest BCUT2D eigenvalue weighted by Crippen LogP contribution is 2.25. The average Bonchev–Trinajstić information content (AvgIpc) is 2.38. The molecule has 1 aliphatic rings. The number of piperidine rings is 1. The molecular weight excluding hydrogens is 231 g/mol. The second kappa shape index (κ2) is 5.46. The zero-order chi connectivity index (χ0) is 13.1. The summed E-state index contributed by atoms with van der Waals surface area (Å²) in [6.07, 6.45) is 4.57. The molecule has 1 fully saturated rings. The lowest BCUT2D eigenvalue weighted by Crippen LogP contribution is -2.39. The minimum atomic E-state index is -0.534. The quantitative estimate of drug-likeness (QED) is 0.808. The van der Waals surface area contributed by atoms with Crippen molar-refractivity contribution in [3.8, 4) is 0 Å². The van der Waals surface area contributed by atoms with Crippen LogP contribution in [0.4, 0.5) is 4.39 Å². The van der Waals surface area contributed by atoms with Crippen molar-refractivity contribution in [1.29, 1.82) is 0 Å². The monoisotopic (exact) mass is 250 g/mol. The van der Waals surface area contributed by atoms with Gasteiger partial charge in [0, 0.05) is 19.3 Å². The average molecular weight is 250 g/mol. The molecule has 0 atom stereocenters. The Morgan fingerprint density at radius 2 is 2.11 bits per heavy atom. The highest BCUT2D eigenvalue weighted by atomic mass is 19.1. The molecule has 0 spiro atoms. The van der Waals surface area contributed by atoms with Crippen LogP contribution in [0.2, 0.25) is 0 Å². The molecule has 1 saturated heterocycles. The van der Waals surface area contributed by atoms with Gasteiger partial charge in [0.05, 0.1) is 11.8 Å². The van der Waals surface area contributed by atoms with E-state index in [4.69, 9.17) is 0 Å². The van der Waals surface area contributed by atoms with E-state index < -0.39 is 5.82 Å². The third-order valence-corrected chi connectivity index (χ3v) is 3.77. The topological polar surface area (TPSA) is 33.2 Å². The largest absolute Gasteiger partial charge is 0.339 e. The van der Waals surface area contributed by atoms with Gasteiger partial charge in [-0.25, -0.2) is 4.39 Å². The molecule has 0 radical (unpaired) electrons. The number of amides is 1. The summed E-state index contributed by atoms with van der Waals surface area (Å²) < 4.78 is 13.5. The first-order valence-corrected chi connectivity index (χ1v) is 6.48. The Bertz CT molecular complexity index is 426. The van der Waals surface area contributed by atoms with Crippen molar-refractivity contribution < 1.29 is 9.18 Å². The van der Waals surface area contributed by atoms with E-state index in [0.717, 1.165) is 32.1 Å².